The minimum absolute atomic E-state index is 0.0550. The third-order valence-corrected chi connectivity index (χ3v) is 4.18. The van der Waals surface area contributed by atoms with Gasteiger partial charge in [0.25, 0.3) is 0 Å². The zero-order valence-corrected chi connectivity index (χ0v) is 13.8. The Morgan fingerprint density at radius 1 is 1.17 bits per heavy atom. The van der Waals surface area contributed by atoms with Crippen molar-refractivity contribution in [3.05, 3.63) is 17.7 Å². The van der Waals surface area contributed by atoms with Gasteiger partial charge in [0.1, 0.15) is 0 Å². The lowest BCUT2D eigenvalue weighted by molar-refractivity contribution is -0.138. The van der Waals surface area contributed by atoms with Crippen LogP contribution in [0.1, 0.15) is 24.4 Å². The molecule has 0 spiro atoms. The molecule has 2 N–H and O–H groups in total. The van der Waals surface area contributed by atoms with Crippen molar-refractivity contribution in [2.75, 3.05) is 40.4 Å². The zero-order chi connectivity index (χ0) is 17.7. The van der Waals surface area contributed by atoms with Crippen LogP contribution in [0.4, 0.5) is 13.2 Å². The molecule has 2 rings (SSSR count). The molecule has 0 aliphatic carbocycles. The van der Waals surface area contributed by atoms with E-state index >= 15 is 0 Å². The van der Waals surface area contributed by atoms with Crippen LogP contribution in [0, 0.1) is 0 Å². The maximum absolute atomic E-state index is 12.7. The second-order valence-corrected chi connectivity index (χ2v) is 5.73. The van der Waals surface area contributed by atoms with E-state index in [2.05, 4.69) is 5.32 Å². The molecule has 1 aliphatic rings. The predicted octanol–water partition coefficient (Wildman–Crippen LogP) is 2.70. The van der Waals surface area contributed by atoms with E-state index in [1.165, 1.54) is 14.2 Å². The molecular weight excluding hydrogens is 325 g/mol. The van der Waals surface area contributed by atoms with Crippen LogP contribution in [0.15, 0.2) is 12.1 Å². The quantitative estimate of drug-likeness (QED) is 0.828. The summed E-state index contributed by atoms with van der Waals surface area (Å²) in [6.45, 7) is 2.78. The number of methoxy groups -OCH3 is 2. The van der Waals surface area contributed by atoms with Gasteiger partial charge in [-0.05, 0) is 24.1 Å². The standard InChI is InChI=1S/C16H23F3N2O3/c1-23-13-9-11(10-14(24-2)15(13)22)12(3-4-16(17,18)19)21-7-5-20-6-8-21/h9-10,12,20,22H,3-8H2,1-2H3/t12-/m1/s1. The van der Waals surface area contributed by atoms with Crippen LogP contribution in [0.2, 0.25) is 0 Å². The summed E-state index contributed by atoms with van der Waals surface area (Å²) in [4.78, 5) is 2.02. The summed E-state index contributed by atoms with van der Waals surface area (Å²) in [5, 5.41) is 13.2. The number of halogens is 3. The predicted molar refractivity (Wildman–Crippen MR) is 83.7 cm³/mol. The molecular formula is C16H23F3N2O3. The summed E-state index contributed by atoms with van der Waals surface area (Å²) in [6, 6.07) is 2.75. The van der Waals surface area contributed by atoms with Crippen molar-refractivity contribution in [2.24, 2.45) is 0 Å². The van der Waals surface area contributed by atoms with Crippen LogP contribution < -0.4 is 14.8 Å². The minimum atomic E-state index is -4.21. The first-order valence-corrected chi connectivity index (χ1v) is 7.82. The SMILES string of the molecule is COc1cc([C@@H](CCC(F)(F)F)N2CCNCC2)cc(OC)c1O. The Morgan fingerprint density at radius 3 is 2.17 bits per heavy atom. The number of piperazine rings is 1. The fourth-order valence-electron chi connectivity index (χ4n) is 2.96. The lowest BCUT2D eigenvalue weighted by atomic mass is 9.98. The first kappa shape index (κ1) is 18.7. The highest BCUT2D eigenvalue weighted by molar-refractivity contribution is 5.53. The zero-order valence-electron chi connectivity index (χ0n) is 13.8. The first-order valence-electron chi connectivity index (χ1n) is 7.82. The third kappa shape index (κ3) is 4.67. The van der Waals surface area contributed by atoms with Crippen molar-refractivity contribution in [1.82, 2.24) is 10.2 Å². The maximum Gasteiger partial charge on any atom is 0.389 e. The average molecular weight is 348 g/mol. The number of phenolic OH excluding ortho intramolecular Hbond substituents is 1. The molecule has 0 unspecified atom stereocenters. The van der Waals surface area contributed by atoms with Crippen molar-refractivity contribution < 1.29 is 27.8 Å². The number of rotatable bonds is 6. The number of nitrogens with zero attached hydrogens (tertiary/aromatic N) is 1. The highest BCUT2D eigenvalue weighted by atomic mass is 19.4. The second kappa shape index (κ2) is 7.94. The number of alkyl halides is 3. The molecule has 0 amide bonds. The van der Waals surface area contributed by atoms with Gasteiger partial charge in [0.2, 0.25) is 5.75 Å². The van der Waals surface area contributed by atoms with Gasteiger partial charge in [-0.15, -0.1) is 0 Å². The first-order chi connectivity index (χ1) is 11.4. The fourth-order valence-corrected chi connectivity index (χ4v) is 2.96. The minimum Gasteiger partial charge on any atom is -0.502 e. The van der Waals surface area contributed by atoms with Crippen LogP contribution >= 0.6 is 0 Å². The number of hydrogen-bond donors (Lipinski definition) is 2. The number of hydrogen-bond acceptors (Lipinski definition) is 5. The van der Waals surface area contributed by atoms with Gasteiger partial charge in [-0.25, -0.2) is 0 Å². The molecule has 1 aliphatic heterocycles. The topological polar surface area (TPSA) is 54.0 Å². The highest BCUT2D eigenvalue weighted by Crippen LogP contribution is 2.41. The van der Waals surface area contributed by atoms with Gasteiger partial charge in [-0.3, -0.25) is 4.90 Å². The number of phenols is 1. The Morgan fingerprint density at radius 2 is 1.71 bits per heavy atom. The average Bonchev–Trinajstić information content (AvgIpc) is 2.56. The van der Waals surface area contributed by atoms with Crippen LogP contribution in [-0.4, -0.2) is 56.6 Å². The third-order valence-electron chi connectivity index (χ3n) is 4.18. The number of benzene rings is 1. The van der Waals surface area contributed by atoms with E-state index in [1.54, 1.807) is 12.1 Å². The van der Waals surface area contributed by atoms with E-state index in [0.717, 1.165) is 13.1 Å². The second-order valence-electron chi connectivity index (χ2n) is 5.73. The van der Waals surface area contributed by atoms with Crippen LogP contribution in [0.3, 0.4) is 0 Å². The molecule has 0 saturated carbocycles. The van der Waals surface area contributed by atoms with Crippen molar-refractivity contribution in [3.63, 3.8) is 0 Å². The smallest absolute Gasteiger partial charge is 0.389 e. The Bertz CT molecular complexity index is 521. The molecule has 0 aromatic heterocycles. The molecule has 5 nitrogen and oxygen atoms in total. The van der Waals surface area contributed by atoms with Gasteiger partial charge in [0, 0.05) is 38.6 Å². The Balaban J connectivity index is 2.34. The molecule has 1 fully saturated rings. The molecule has 24 heavy (non-hydrogen) atoms. The largest absolute Gasteiger partial charge is 0.502 e. The van der Waals surface area contributed by atoms with Gasteiger partial charge in [0.05, 0.1) is 14.2 Å². The summed E-state index contributed by atoms with van der Waals surface area (Å²) in [5.74, 6) is 0.228. The summed E-state index contributed by atoms with van der Waals surface area (Å²) in [5.41, 5.74) is 0.646. The number of ether oxygens (including phenoxy) is 2. The molecule has 0 radical (unpaired) electrons. The lowest BCUT2D eigenvalue weighted by Crippen LogP contribution is -2.45. The lowest BCUT2D eigenvalue weighted by Gasteiger charge is -2.35. The molecule has 1 aromatic rings. The van der Waals surface area contributed by atoms with E-state index < -0.39 is 18.6 Å². The Kier molecular flexibility index (Phi) is 6.17. The molecule has 1 heterocycles. The van der Waals surface area contributed by atoms with Gasteiger partial charge >= 0.3 is 6.18 Å². The highest BCUT2D eigenvalue weighted by Gasteiger charge is 2.32. The van der Waals surface area contributed by atoms with E-state index in [-0.39, 0.29) is 23.7 Å². The molecule has 8 heteroatoms. The fraction of sp³-hybridized carbons (Fsp3) is 0.625. The normalized spacial score (nSPS) is 17.5. The maximum atomic E-state index is 12.7. The molecule has 1 saturated heterocycles. The number of nitrogens with one attached hydrogen (secondary N) is 1. The molecule has 136 valence electrons. The molecule has 1 aromatic carbocycles. The van der Waals surface area contributed by atoms with Crippen LogP contribution in [0.5, 0.6) is 17.2 Å². The number of aromatic hydroxyl groups is 1. The summed E-state index contributed by atoms with van der Waals surface area (Å²) >= 11 is 0. The Hall–Kier alpha value is -1.67. The van der Waals surface area contributed by atoms with E-state index in [9.17, 15) is 18.3 Å². The van der Waals surface area contributed by atoms with Gasteiger partial charge in [-0.1, -0.05) is 0 Å². The summed E-state index contributed by atoms with van der Waals surface area (Å²) in [7, 11) is 2.79. The van der Waals surface area contributed by atoms with E-state index in [1.807, 2.05) is 4.90 Å². The summed E-state index contributed by atoms with van der Waals surface area (Å²) in [6.07, 6.45) is -5.13. The van der Waals surface area contributed by atoms with Gasteiger partial charge < -0.3 is 19.9 Å². The van der Waals surface area contributed by atoms with Crippen molar-refractivity contribution in [2.45, 2.75) is 25.1 Å². The van der Waals surface area contributed by atoms with Gasteiger partial charge in [-0.2, -0.15) is 13.2 Å². The van der Waals surface area contributed by atoms with E-state index in [0.29, 0.717) is 18.7 Å². The van der Waals surface area contributed by atoms with Crippen LogP contribution in [0.25, 0.3) is 0 Å². The van der Waals surface area contributed by atoms with Crippen molar-refractivity contribution in [3.8, 4) is 17.2 Å². The molecule has 0 bridgehead atoms. The van der Waals surface area contributed by atoms with Crippen LogP contribution in [-0.2, 0) is 0 Å². The summed E-state index contributed by atoms with van der Waals surface area (Å²) < 4.78 is 48.5. The van der Waals surface area contributed by atoms with Gasteiger partial charge in [0.15, 0.2) is 11.5 Å². The monoisotopic (exact) mass is 348 g/mol. The van der Waals surface area contributed by atoms with Crippen molar-refractivity contribution in [1.29, 1.82) is 0 Å². The van der Waals surface area contributed by atoms with Crippen molar-refractivity contribution >= 4 is 0 Å². The molecule has 1 atom stereocenters. The Labute approximate surface area is 139 Å². The van der Waals surface area contributed by atoms with E-state index in [4.69, 9.17) is 9.47 Å².